The molecule has 0 spiro atoms. The van der Waals surface area contributed by atoms with Crippen LogP contribution in [0.3, 0.4) is 0 Å². The minimum atomic E-state index is -0.140. The summed E-state index contributed by atoms with van der Waals surface area (Å²) < 4.78 is 8.02. The maximum absolute atomic E-state index is 13.4. The van der Waals surface area contributed by atoms with E-state index in [2.05, 4.69) is 44.8 Å². The van der Waals surface area contributed by atoms with Gasteiger partial charge >= 0.3 is 0 Å². The van der Waals surface area contributed by atoms with Crippen molar-refractivity contribution >= 4 is 28.4 Å². The molecule has 1 saturated heterocycles. The monoisotopic (exact) mass is 522 g/mol. The van der Waals surface area contributed by atoms with Gasteiger partial charge in [-0.25, -0.2) is 9.97 Å². The van der Waals surface area contributed by atoms with E-state index < -0.39 is 0 Å². The van der Waals surface area contributed by atoms with Crippen LogP contribution in [0.4, 0.5) is 11.5 Å². The van der Waals surface area contributed by atoms with Crippen molar-refractivity contribution in [1.82, 2.24) is 19.4 Å². The van der Waals surface area contributed by atoms with Crippen molar-refractivity contribution in [3.63, 3.8) is 0 Å². The molecule has 8 heteroatoms. The number of rotatable bonds is 6. The number of ether oxygens (including phenoxy) is 1. The minimum absolute atomic E-state index is 0.140. The number of carbonyl (C=O) groups is 1. The molecule has 3 heterocycles. The van der Waals surface area contributed by atoms with Crippen molar-refractivity contribution in [2.45, 2.75) is 25.8 Å². The number of methoxy groups -OCH3 is 1. The molecule has 39 heavy (non-hydrogen) atoms. The van der Waals surface area contributed by atoms with Gasteiger partial charge in [-0.15, -0.1) is 0 Å². The van der Waals surface area contributed by atoms with Crippen LogP contribution in [0.15, 0.2) is 73.3 Å². The highest BCUT2D eigenvalue weighted by molar-refractivity contribution is 6.08. The summed E-state index contributed by atoms with van der Waals surface area (Å²) in [6.07, 6.45) is 10.3. The highest BCUT2D eigenvalue weighted by Crippen LogP contribution is 2.46. The number of carbonyl (C=O) groups excluding carboxylic acids is 1. The average molecular weight is 523 g/mol. The molecular formula is C31H34N6O2. The molecule has 2 N–H and O–H groups in total. The Morgan fingerprint density at radius 1 is 1.10 bits per heavy atom. The van der Waals surface area contributed by atoms with E-state index in [-0.39, 0.29) is 5.91 Å². The third-order valence-electron chi connectivity index (χ3n) is 8.34. The van der Waals surface area contributed by atoms with E-state index in [0.29, 0.717) is 35.0 Å². The number of nitrogen functional groups attached to an aromatic ring is 1. The number of amides is 1. The Balaban J connectivity index is 1.35. The van der Waals surface area contributed by atoms with E-state index in [4.69, 9.17) is 10.5 Å². The zero-order valence-corrected chi connectivity index (χ0v) is 22.6. The van der Waals surface area contributed by atoms with E-state index in [9.17, 15) is 4.79 Å². The number of benzene rings is 2. The lowest BCUT2D eigenvalue weighted by molar-refractivity contribution is 0.0990. The molecule has 1 saturated carbocycles. The molecule has 1 aliphatic carbocycles. The Labute approximate surface area is 228 Å². The molecule has 2 fully saturated rings. The fourth-order valence-corrected chi connectivity index (χ4v) is 6.45. The topological polar surface area (TPSA) is 89.5 Å². The SMILES string of the molecule is CC=CN1CC2CC(n3cc(-c4ccc(C(=O)N(C)c5ccccc5)c(OC)c4)c4c(N)ncnc43)CC2C1. The minimum Gasteiger partial charge on any atom is -0.496 e. The van der Waals surface area contributed by atoms with Gasteiger partial charge in [-0.3, -0.25) is 4.79 Å². The Morgan fingerprint density at radius 3 is 2.54 bits per heavy atom. The van der Waals surface area contributed by atoms with Crippen LogP contribution in [-0.4, -0.2) is 52.6 Å². The second kappa shape index (κ2) is 10.1. The van der Waals surface area contributed by atoms with Gasteiger partial charge < -0.3 is 24.8 Å². The van der Waals surface area contributed by atoms with E-state index in [1.807, 2.05) is 48.5 Å². The normalized spacial score (nSPS) is 20.6. The molecule has 2 aromatic heterocycles. The second-order valence-electron chi connectivity index (χ2n) is 10.6. The standard InChI is InChI=1S/C31H34N6O2/c1-4-12-36-16-21-13-24(14-22(21)17-36)37-18-26(28-29(32)33-19-34-30(28)37)20-10-11-25(27(15-20)39-3)31(38)35(2)23-8-6-5-7-9-23/h4-12,15,18-19,21-22,24H,13-14,16-17H2,1-3H3,(H2,32,33,34). The molecule has 2 unspecified atom stereocenters. The van der Waals surface area contributed by atoms with E-state index >= 15 is 0 Å². The highest BCUT2D eigenvalue weighted by atomic mass is 16.5. The fourth-order valence-electron chi connectivity index (χ4n) is 6.45. The number of hydrogen-bond donors (Lipinski definition) is 1. The number of fused-ring (bicyclic) bond motifs is 2. The van der Waals surface area contributed by atoms with Crippen LogP contribution in [0.2, 0.25) is 0 Å². The van der Waals surface area contributed by atoms with Crippen molar-refractivity contribution in [1.29, 1.82) is 0 Å². The summed E-state index contributed by atoms with van der Waals surface area (Å²) in [5, 5.41) is 0.840. The Hall–Kier alpha value is -4.33. The third kappa shape index (κ3) is 4.39. The van der Waals surface area contributed by atoms with Crippen molar-refractivity contribution in [3.8, 4) is 16.9 Å². The van der Waals surface area contributed by atoms with Crippen molar-refractivity contribution in [2.24, 2.45) is 11.8 Å². The van der Waals surface area contributed by atoms with Gasteiger partial charge in [0.25, 0.3) is 5.91 Å². The summed E-state index contributed by atoms with van der Waals surface area (Å²) in [6.45, 7) is 4.30. The summed E-state index contributed by atoms with van der Waals surface area (Å²) in [5.74, 6) is 2.18. The van der Waals surface area contributed by atoms with Crippen molar-refractivity contribution in [3.05, 3.63) is 78.9 Å². The first-order chi connectivity index (χ1) is 19.0. The van der Waals surface area contributed by atoms with Crippen LogP contribution in [-0.2, 0) is 0 Å². The first kappa shape index (κ1) is 25.0. The first-order valence-corrected chi connectivity index (χ1v) is 13.5. The van der Waals surface area contributed by atoms with E-state index in [1.165, 1.54) is 0 Å². The summed E-state index contributed by atoms with van der Waals surface area (Å²) in [6, 6.07) is 15.6. The highest BCUT2D eigenvalue weighted by Gasteiger charge is 2.41. The van der Waals surface area contributed by atoms with Crippen LogP contribution in [0.25, 0.3) is 22.2 Å². The molecule has 6 rings (SSSR count). The molecule has 2 atom stereocenters. The Kier molecular flexibility index (Phi) is 6.46. The molecule has 0 bridgehead atoms. The van der Waals surface area contributed by atoms with Gasteiger partial charge in [-0.2, -0.15) is 0 Å². The maximum Gasteiger partial charge on any atom is 0.261 e. The smallest absolute Gasteiger partial charge is 0.261 e. The quantitative estimate of drug-likeness (QED) is 0.366. The van der Waals surface area contributed by atoms with Crippen LogP contribution >= 0.6 is 0 Å². The van der Waals surface area contributed by atoms with Gasteiger partial charge in [0.1, 0.15) is 23.5 Å². The molecule has 2 aliphatic rings. The number of para-hydroxylation sites is 1. The lowest BCUT2D eigenvalue weighted by atomic mass is 10.0. The molecule has 4 aromatic rings. The number of anilines is 2. The number of aromatic nitrogens is 3. The molecule has 1 aliphatic heterocycles. The third-order valence-corrected chi connectivity index (χ3v) is 8.34. The van der Waals surface area contributed by atoms with Crippen molar-refractivity contribution in [2.75, 3.05) is 37.9 Å². The number of allylic oxidation sites excluding steroid dienone is 1. The van der Waals surface area contributed by atoms with Crippen LogP contribution in [0, 0.1) is 11.8 Å². The molecule has 1 amide bonds. The molecule has 0 radical (unpaired) electrons. The predicted octanol–water partition coefficient (Wildman–Crippen LogP) is 5.38. The summed E-state index contributed by atoms with van der Waals surface area (Å²) in [7, 11) is 3.36. The molecule has 2 aromatic carbocycles. The second-order valence-corrected chi connectivity index (χ2v) is 10.6. The molecular weight excluding hydrogens is 488 g/mol. The fraction of sp³-hybridized carbons (Fsp3) is 0.323. The summed E-state index contributed by atoms with van der Waals surface area (Å²) in [5.41, 5.74) is 10.5. The molecule has 8 nitrogen and oxygen atoms in total. The first-order valence-electron chi connectivity index (χ1n) is 13.5. The number of hydrogen-bond acceptors (Lipinski definition) is 6. The predicted molar refractivity (Wildman–Crippen MR) is 155 cm³/mol. The zero-order chi connectivity index (χ0) is 27.1. The Morgan fingerprint density at radius 2 is 1.85 bits per heavy atom. The van der Waals surface area contributed by atoms with E-state index in [0.717, 1.165) is 53.8 Å². The summed E-state index contributed by atoms with van der Waals surface area (Å²) in [4.78, 5) is 26.4. The lowest BCUT2D eigenvalue weighted by Crippen LogP contribution is -2.26. The largest absolute Gasteiger partial charge is 0.496 e. The van der Waals surface area contributed by atoms with Gasteiger partial charge in [0, 0.05) is 43.6 Å². The average Bonchev–Trinajstić information content (AvgIpc) is 3.65. The number of nitrogens with two attached hydrogens (primary N) is 1. The maximum atomic E-state index is 13.4. The van der Waals surface area contributed by atoms with Gasteiger partial charge in [0.2, 0.25) is 0 Å². The van der Waals surface area contributed by atoms with Gasteiger partial charge in [-0.05, 0) is 67.6 Å². The van der Waals surface area contributed by atoms with Crippen LogP contribution < -0.4 is 15.4 Å². The number of likely N-dealkylation sites (tertiary alicyclic amines) is 1. The Bertz CT molecular complexity index is 1530. The van der Waals surface area contributed by atoms with Crippen LogP contribution in [0.5, 0.6) is 5.75 Å². The summed E-state index contributed by atoms with van der Waals surface area (Å²) >= 11 is 0. The number of nitrogens with zero attached hydrogens (tertiary/aromatic N) is 5. The van der Waals surface area contributed by atoms with Gasteiger partial charge in [-0.1, -0.05) is 30.3 Å². The van der Waals surface area contributed by atoms with Crippen LogP contribution in [0.1, 0.15) is 36.2 Å². The van der Waals surface area contributed by atoms with E-state index in [1.54, 1.807) is 25.4 Å². The zero-order valence-electron chi connectivity index (χ0n) is 22.6. The van der Waals surface area contributed by atoms with Gasteiger partial charge in [0.05, 0.1) is 18.1 Å². The van der Waals surface area contributed by atoms with Crippen molar-refractivity contribution < 1.29 is 9.53 Å². The van der Waals surface area contributed by atoms with Gasteiger partial charge in [0.15, 0.2) is 0 Å². The lowest BCUT2D eigenvalue weighted by Gasteiger charge is -2.19. The molecule has 200 valence electrons.